The SMILES string of the molecule is CN1C=C(/C(=N\O)C(F)(F)F)c2ccccc2C1. The lowest BCUT2D eigenvalue weighted by Crippen LogP contribution is -2.28. The molecule has 1 heterocycles. The number of hydrogen-bond donors (Lipinski definition) is 1. The summed E-state index contributed by atoms with van der Waals surface area (Å²) in [4.78, 5) is 1.62. The van der Waals surface area contributed by atoms with Gasteiger partial charge in [-0.25, -0.2) is 0 Å². The highest BCUT2D eigenvalue weighted by atomic mass is 19.4. The third-order valence-corrected chi connectivity index (χ3v) is 2.70. The minimum Gasteiger partial charge on any atom is -0.410 e. The van der Waals surface area contributed by atoms with Crippen molar-refractivity contribution in [2.75, 3.05) is 7.05 Å². The number of nitrogens with zero attached hydrogens (tertiary/aromatic N) is 2. The van der Waals surface area contributed by atoms with Gasteiger partial charge in [-0.3, -0.25) is 0 Å². The van der Waals surface area contributed by atoms with Crippen molar-refractivity contribution >= 4 is 11.3 Å². The third-order valence-electron chi connectivity index (χ3n) is 2.70. The second kappa shape index (κ2) is 4.36. The van der Waals surface area contributed by atoms with E-state index >= 15 is 0 Å². The molecule has 0 radical (unpaired) electrons. The fourth-order valence-electron chi connectivity index (χ4n) is 1.98. The summed E-state index contributed by atoms with van der Waals surface area (Å²) in [6.07, 6.45) is -3.35. The Morgan fingerprint density at radius 1 is 1.33 bits per heavy atom. The van der Waals surface area contributed by atoms with Crippen molar-refractivity contribution in [2.24, 2.45) is 5.16 Å². The highest BCUT2D eigenvalue weighted by Gasteiger charge is 2.40. The first-order chi connectivity index (χ1) is 8.43. The number of fused-ring (bicyclic) bond motifs is 1. The summed E-state index contributed by atoms with van der Waals surface area (Å²) in [7, 11) is 1.67. The fraction of sp³-hybridized carbons (Fsp3) is 0.250. The zero-order chi connectivity index (χ0) is 13.3. The number of alkyl halides is 3. The molecule has 0 unspecified atom stereocenters. The Morgan fingerprint density at radius 2 is 2.00 bits per heavy atom. The molecule has 0 fully saturated rings. The topological polar surface area (TPSA) is 35.8 Å². The van der Waals surface area contributed by atoms with Crippen LogP contribution in [0.15, 0.2) is 35.6 Å². The van der Waals surface area contributed by atoms with Gasteiger partial charge < -0.3 is 10.1 Å². The fourth-order valence-corrected chi connectivity index (χ4v) is 1.98. The van der Waals surface area contributed by atoms with Crippen LogP contribution in [0, 0.1) is 0 Å². The quantitative estimate of drug-likeness (QED) is 0.476. The second-order valence-electron chi connectivity index (χ2n) is 4.06. The molecule has 18 heavy (non-hydrogen) atoms. The van der Waals surface area contributed by atoms with Gasteiger partial charge in [-0.1, -0.05) is 29.4 Å². The van der Waals surface area contributed by atoms with Gasteiger partial charge in [0.05, 0.1) is 0 Å². The van der Waals surface area contributed by atoms with Crippen LogP contribution >= 0.6 is 0 Å². The van der Waals surface area contributed by atoms with Gasteiger partial charge in [0.2, 0.25) is 0 Å². The average Bonchev–Trinajstić information content (AvgIpc) is 2.27. The maximum atomic E-state index is 12.8. The molecule has 1 aliphatic heterocycles. The normalized spacial score (nSPS) is 16.3. The molecule has 0 saturated heterocycles. The molecule has 0 atom stereocenters. The molecule has 1 aromatic rings. The van der Waals surface area contributed by atoms with E-state index in [1.807, 2.05) is 0 Å². The molecule has 6 heteroatoms. The lowest BCUT2D eigenvalue weighted by Gasteiger charge is -2.26. The third kappa shape index (κ3) is 2.18. The predicted molar refractivity (Wildman–Crippen MR) is 61.2 cm³/mol. The minimum atomic E-state index is -4.69. The lowest BCUT2D eigenvalue weighted by molar-refractivity contribution is -0.0592. The standard InChI is InChI=1S/C12H11F3N2O/c1-17-6-8-4-2-3-5-9(8)10(7-17)11(16-18)12(13,14)15/h2-5,7,18H,6H2,1H3/b16-11+. The molecule has 0 aromatic heterocycles. The number of benzene rings is 1. The maximum Gasteiger partial charge on any atom is 0.437 e. The molecule has 1 aromatic carbocycles. The molecule has 96 valence electrons. The molecule has 0 amide bonds. The van der Waals surface area contributed by atoms with Crippen molar-refractivity contribution in [3.05, 3.63) is 41.6 Å². The molecular formula is C12H11F3N2O. The summed E-state index contributed by atoms with van der Waals surface area (Å²) < 4.78 is 38.3. The van der Waals surface area contributed by atoms with E-state index < -0.39 is 11.9 Å². The number of oxime groups is 1. The van der Waals surface area contributed by atoms with E-state index in [4.69, 9.17) is 5.21 Å². The van der Waals surface area contributed by atoms with Crippen LogP contribution in [0.5, 0.6) is 0 Å². The van der Waals surface area contributed by atoms with Gasteiger partial charge in [0.1, 0.15) is 0 Å². The molecule has 3 nitrogen and oxygen atoms in total. The van der Waals surface area contributed by atoms with Crippen molar-refractivity contribution < 1.29 is 18.4 Å². The van der Waals surface area contributed by atoms with E-state index in [2.05, 4.69) is 5.16 Å². The van der Waals surface area contributed by atoms with E-state index in [0.717, 1.165) is 5.56 Å². The molecule has 1 N–H and O–H groups in total. The summed E-state index contributed by atoms with van der Waals surface area (Å²) in [6, 6.07) is 6.76. The summed E-state index contributed by atoms with van der Waals surface area (Å²) in [5, 5.41) is 11.0. The summed E-state index contributed by atoms with van der Waals surface area (Å²) in [5.41, 5.74) is -0.181. The Labute approximate surface area is 102 Å². The molecule has 0 bridgehead atoms. The monoisotopic (exact) mass is 256 g/mol. The van der Waals surface area contributed by atoms with Crippen molar-refractivity contribution in [3.63, 3.8) is 0 Å². The summed E-state index contributed by atoms with van der Waals surface area (Å²) in [5.74, 6) is 0. The first-order valence-electron chi connectivity index (χ1n) is 5.23. The predicted octanol–water partition coefficient (Wildman–Crippen LogP) is 2.87. The van der Waals surface area contributed by atoms with Crippen molar-refractivity contribution in [1.82, 2.24) is 4.90 Å². The molecule has 0 aliphatic carbocycles. The van der Waals surface area contributed by atoms with E-state index in [9.17, 15) is 13.2 Å². The molecular weight excluding hydrogens is 245 g/mol. The maximum absolute atomic E-state index is 12.8. The summed E-state index contributed by atoms with van der Waals surface area (Å²) in [6.45, 7) is 0.524. The Bertz CT molecular complexity index is 520. The van der Waals surface area contributed by atoms with Gasteiger partial charge in [0, 0.05) is 25.4 Å². The van der Waals surface area contributed by atoms with Crippen LogP contribution in [0.2, 0.25) is 0 Å². The van der Waals surface area contributed by atoms with Crippen molar-refractivity contribution in [3.8, 4) is 0 Å². The number of halogens is 3. The van der Waals surface area contributed by atoms with Gasteiger partial charge in [0.15, 0.2) is 5.71 Å². The van der Waals surface area contributed by atoms with Crippen LogP contribution in [-0.2, 0) is 6.54 Å². The molecule has 0 saturated carbocycles. The Morgan fingerprint density at radius 3 is 2.61 bits per heavy atom. The second-order valence-corrected chi connectivity index (χ2v) is 4.06. The van der Waals surface area contributed by atoms with Crippen molar-refractivity contribution in [1.29, 1.82) is 0 Å². The lowest BCUT2D eigenvalue weighted by atomic mass is 9.93. The Kier molecular flexibility index (Phi) is 3.02. The first-order valence-corrected chi connectivity index (χ1v) is 5.23. The number of hydrogen-bond acceptors (Lipinski definition) is 3. The van der Waals surface area contributed by atoms with Crippen LogP contribution < -0.4 is 0 Å². The highest BCUT2D eigenvalue weighted by molar-refractivity contribution is 6.26. The van der Waals surface area contributed by atoms with E-state index in [1.54, 1.807) is 36.2 Å². The van der Waals surface area contributed by atoms with Crippen LogP contribution in [0.1, 0.15) is 11.1 Å². The Balaban J connectivity index is 2.56. The molecule has 0 spiro atoms. The summed E-state index contributed by atoms with van der Waals surface area (Å²) >= 11 is 0. The largest absolute Gasteiger partial charge is 0.437 e. The van der Waals surface area contributed by atoms with Gasteiger partial charge in [0.25, 0.3) is 0 Å². The van der Waals surface area contributed by atoms with Gasteiger partial charge in [-0.2, -0.15) is 13.2 Å². The number of allylic oxidation sites excluding steroid dienone is 1. The zero-order valence-corrected chi connectivity index (χ0v) is 9.57. The van der Waals surface area contributed by atoms with Gasteiger partial charge >= 0.3 is 6.18 Å². The molecule has 1 aliphatic rings. The average molecular weight is 256 g/mol. The smallest absolute Gasteiger partial charge is 0.410 e. The van der Waals surface area contributed by atoms with Crippen LogP contribution in [0.25, 0.3) is 5.57 Å². The Hall–Kier alpha value is -1.98. The van der Waals surface area contributed by atoms with Gasteiger partial charge in [-0.15, -0.1) is 0 Å². The van der Waals surface area contributed by atoms with Crippen LogP contribution in [0.4, 0.5) is 13.2 Å². The van der Waals surface area contributed by atoms with E-state index in [-0.39, 0.29) is 5.57 Å². The van der Waals surface area contributed by atoms with Crippen LogP contribution in [0.3, 0.4) is 0 Å². The zero-order valence-electron chi connectivity index (χ0n) is 9.57. The van der Waals surface area contributed by atoms with E-state index in [1.165, 1.54) is 6.20 Å². The van der Waals surface area contributed by atoms with Gasteiger partial charge in [-0.05, 0) is 11.1 Å². The number of rotatable bonds is 1. The minimum absolute atomic E-state index is 0.116. The highest BCUT2D eigenvalue weighted by Crippen LogP contribution is 2.33. The van der Waals surface area contributed by atoms with Crippen molar-refractivity contribution in [2.45, 2.75) is 12.7 Å². The molecule has 2 rings (SSSR count). The van der Waals surface area contributed by atoms with E-state index in [0.29, 0.717) is 12.1 Å². The van der Waals surface area contributed by atoms with Crippen LogP contribution in [-0.4, -0.2) is 29.0 Å². The first kappa shape index (κ1) is 12.5.